The summed E-state index contributed by atoms with van der Waals surface area (Å²) in [5, 5.41) is 11.6. The Bertz CT molecular complexity index is 1120. The molecule has 0 radical (unpaired) electrons. The van der Waals surface area contributed by atoms with Crippen LogP contribution in [0.3, 0.4) is 0 Å². The fraction of sp³-hybridized carbons (Fsp3) is 0.167. The van der Waals surface area contributed by atoms with Crippen molar-refractivity contribution in [1.82, 2.24) is 5.32 Å². The third-order valence-corrected chi connectivity index (χ3v) is 5.66. The Balaban J connectivity index is 1.59. The van der Waals surface area contributed by atoms with Crippen LogP contribution in [0.5, 0.6) is 11.5 Å². The maximum absolute atomic E-state index is 12.5. The van der Waals surface area contributed by atoms with E-state index in [1.54, 1.807) is 67.6 Å². The first-order chi connectivity index (χ1) is 15.4. The van der Waals surface area contributed by atoms with E-state index in [0.29, 0.717) is 28.3 Å². The van der Waals surface area contributed by atoms with E-state index in [-0.39, 0.29) is 12.5 Å². The summed E-state index contributed by atoms with van der Waals surface area (Å²) in [4.78, 5) is 12.5. The quantitative estimate of drug-likeness (QED) is 0.496. The summed E-state index contributed by atoms with van der Waals surface area (Å²) in [5.41, 5.74) is 2.63. The molecule has 164 valence electrons. The fourth-order valence-electron chi connectivity index (χ4n) is 3.02. The lowest BCUT2D eigenvalue weighted by Gasteiger charge is -2.27. The topological polar surface area (TPSA) is 103 Å². The highest BCUT2D eigenvalue weighted by Gasteiger charge is 2.20. The van der Waals surface area contributed by atoms with Crippen LogP contribution in [0.4, 0.5) is 5.69 Å². The number of carbonyl (C=O) groups is 1. The predicted molar refractivity (Wildman–Crippen MR) is 124 cm³/mol. The van der Waals surface area contributed by atoms with Crippen molar-refractivity contribution in [1.29, 1.82) is 5.26 Å². The van der Waals surface area contributed by atoms with Gasteiger partial charge in [0.2, 0.25) is 0 Å². The Kier molecular flexibility index (Phi) is 7.60. The van der Waals surface area contributed by atoms with Gasteiger partial charge < -0.3 is 10.1 Å². The molecule has 0 fully saturated rings. The van der Waals surface area contributed by atoms with Crippen LogP contribution in [0.1, 0.15) is 28.4 Å². The van der Waals surface area contributed by atoms with Gasteiger partial charge >= 0.3 is 0 Å². The second kappa shape index (κ2) is 10.6. The Morgan fingerprint density at radius 3 is 2.16 bits per heavy atom. The summed E-state index contributed by atoms with van der Waals surface area (Å²) in [6, 6.07) is 22.3. The lowest BCUT2D eigenvalue weighted by Crippen LogP contribution is -2.43. The standard InChI is InChI=1S/C24H23N3O4S/c1-17-3-9-21(10-4-17)27(32(29)30)18(2)16-26-24(28)20-7-13-23(14-8-20)31-22-11-5-19(15-25)6-12-22/h3-14,18H,16H2,1-2H3,(H,26,28)(H,29,30). The average molecular weight is 450 g/mol. The molecule has 0 saturated carbocycles. The van der Waals surface area contributed by atoms with Crippen molar-refractivity contribution in [2.45, 2.75) is 19.9 Å². The van der Waals surface area contributed by atoms with Crippen molar-refractivity contribution in [2.75, 3.05) is 10.8 Å². The molecule has 3 aromatic rings. The molecule has 8 heteroatoms. The van der Waals surface area contributed by atoms with Crippen LogP contribution < -0.4 is 14.4 Å². The van der Waals surface area contributed by atoms with E-state index in [9.17, 15) is 13.6 Å². The number of carbonyl (C=O) groups excluding carboxylic acids is 1. The molecule has 0 saturated heterocycles. The van der Waals surface area contributed by atoms with Gasteiger partial charge in [0, 0.05) is 12.1 Å². The van der Waals surface area contributed by atoms with Crippen LogP contribution in [-0.2, 0) is 11.3 Å². The fourth-order valence-corrected chi connectivity index (χ4v) is 3.71. The molecule has 2 N–H and O–H groups in total. The molecule has 3 aromatic carbocycles. The maximum Gasteiger partial charge on any atom is 0.262 e. The zero-order valence-corrected chi connectivity index (χ0v) is 18.5. The van der Waals surface area contributed by atoms with E-state index in [0.717, 1.165) is 5.56 Å². The molecular weight excluding hydrogens is 426 g/mol. The first-order valence-corrected chi connectivity index (χ1v) is 11.0. The van der Waals surface area contributed by atoms with Crippen LogP contribution >= 0.6 is 0 Å². The largest absolute Gasteiger partial charge is 0.457 e. The van der Waals surface area contributed by atoms with Crippen molar-refractivity contribution in [2.24, 2.45) is 0 Å². The molecule has 1 amide bonds. The van der Waals surface area contributed by atoms with Crippen LogP contribution in [0.2, 0.25) is 0 Å². The summed E-state index contributed by atoms with van der Waals surface area (Å²) in [6.45, 7) is 3.89. The smallest absolute Gasteiger partial charge is 0.262 e. The van der Waals surface area contributed by atoms with Gasteiger partial charge in [0.25, 0.3) is 17.2 Å². The number of rotatable bonds is 8. The second-order valence-corrected chi connectivity index (χ2v) is 8.07. The van der Waals surface area contributed by atoms with Crippen LogP contribution in [-0.4, -0.2) is 27.3 Å². The van der Waals surface area contributed by atoms with Gasteiger partial charge in [0.15, 0.2) is 0 Å². The normalized spacial score (nSPS) is 12.3. The van der Waals surface area contributed by atoms with Gasteiger partial charge in [-0.25, -0.2) is 4.21 Å². The van der Waals surface area contributed by atoms with Crippen molar-refractivity contribution in [3.63, 3.8) is 0 Å². The second-order valence-electron chi connectivity index (χ2n) is 7.21. The molecule has 0 aliphatic carbocycles. The molecule has 2 atom stereocenters. The van der Waals surface area contributed by atoms with Gasteiger partial charge in [0.1, 0.15) is 11.5 Å². The van der Waals surface area contributed by atoms with Crippen molar-refractivity contribution < 1.29 is 18.3 Å². The van der Waals surface area contributed by atoms with Gasteiger partial charge in [-0.05, 0) is 74.5 Å². The Labute approximate surface area is 189 Å². The molecule has 3 rings (SSSR count). The highest BCUT2D eigenvalue weighted by molar-refractivity contribution is 7.80. The summed E-state index contributed by atoms with van der Waals surface area (Å²) < 4.78 is 28.6. The molecule has 0 heterocycles. The lowest BCUT2D eigenvalue weighted by atomic mass is 10.2. The van der Waals surface area contributed by atoms with E-state index in [1.807, 2.05) is 25.1 Å². The van der Waals surface area contributed by atoms with Gasteiger partial charge in [0.05, 0.1) is 23.4 Å². The van der Waals surface area contributed by atoms with Crippen LogP contribution in [0, 0.1) is 18.3 Å². The molecule has 0 spiro atoms. The zero-order valence-electron chi connectivity index (χ0n) is 17.7. The van der Waals surface area contributed by atoms with E-state index in [2.05, 4.69) is 5.32 Å². The number of hydrogen-bond donors (Lipinski definition) is 2. The molecule has 0 aromatic heterocycles. The number of aryl methyl sites for hydroxylation is 1. The number of nitriles is 1. The minimum Gasteiger partial charge on any atom is -0.457 e. The number of amides is 1. The highest BCUT2D eigenvalue weighted by atomic mass is 32.2. The minimum atomic E-state index is -2.23. The summed E-state index contributed by atoms with van der Waals surface area (Å²) >= 11 is -2.23. The van der Waals surface area contributed by atoms with Gasteiger partial charge in [-0.1, -0.05) is 17.7 Å². The summed E-state index contributed by atoms with van der Waals surface area (Å²) in [5.74, 6) is 0.846. The molecule has 0 aliphatic heterocycles. The van der Waals surface area contributed by atoms with E-state index < -0.39 is 17.3 Å². The maximum atomic E-state index is 12.5. The van der Waals surface area contributed by atoms with E-state index >= 15 is 0 Å². The van der Waals surface area contributed by atoms with Crippen LogP contribution in [0.25, 0.3) is 0 Å². The molecule has 7 nitrogen and oxygen atoms in total. The Hall–Kier alpha value is -3.67. The average Bonchev–Trinajstić information content (AvgIpc) is 2.79. The highest BCUT2D eigenvalue weighted by Crippen LogP contribution is 2.22. The predicted octanol–water partition coefficient (Wildman–Crippen LogP) is 4.42. The zero-order chi connectivity index (χ0) is 23.1. The minimum absolute atomic E-state index is 0.183. The van der Waals surface area contributed by atoms with E-state index in [1.165, 1.54) is 4.31 Å². The molecule has 32 heavy (non-hydrogen) atoms. The van der Waals surface area contributed by atoms with E-state index in [4.69, 9.17) is 10.00 Å². The first-order valence-electron chi connectivity index (χ1n) is 9.90. The third kappa shape index (κ3) is 5.94. The Morgan fingerprint density at radius 1 is 1.06 bits per heavy atom. The summed E-state index contributed by atoms with van der Waals surface area (Å²) in [7, 11) is 0. The lowest BCUT2D eigenvalue weighted by molar-refractivity contribution is 0.0952. The number of hydrogen-bond acceptors (Lipinski definition) is 4. The monoisotopic (exact) mass is 449 g/mol. The molecule has 0 bridgehead atoms. The van der Waals surface area contributed by atoms with Crippen molar-refractivity contribution >= 4 is 22.9 Å². The Morgan fingerprint density at radius 2 is 1.62 bits per heavy atom. The molecule has 0 aliphatic rings. The summed E-state index contributed by atoms with van der Waals surface area (Å²) in [6.07, 6.45) is 0. The number of ether oxygens (including phenoxy) is 1. The van der Waals surface area contributed by atoms with Gasteiger partial charge in [-0.15, -0.1) is 0 Å². The van der Waals surface area contributed by atoms with Crippen molar-refractivity contribution in [3.05, 3.63) is 89.5 Å². The molecular formula is C24H23N3O4S. The molecule has 2 unspecified atom stereocenters. The first kappa shape index (κ1) is 23.0. The number of nitrogens with one attached hydrogen (secondary N) is 1. The number of nitrogens with zero attached hydrogens (tertiary/aromatic N) is 2. The SMILES string of the molecule is Cc1ccc(N(C(C)CNC(=O)c2ccc(Oc3ccc(C#N)cc3)cc2)S(=O)O)cc1. The third-order valence-electron chi connectivity index (χ3n) is 4.75. The van der Waals surface area contributed by atoms with Crippen molar-refractivity contribution in [3.8, 4) is 17.6 Å². The van der Waals surface area contributed by atoms with Crippen LogP contribution in [0.15, 0.2) is 72.8 Å². The number of anilines is 1. The van der Waals surface area contributed by atoms with Gasteiger partial charge in [-0.3, -0.25) is 13.7 Å². The number of benzene rings is 3. The van der Waals surface area contributed by atoms with Gasteiger partial charge in [-0.2, -0.15) is 5.26 Å².